The molecule has 0 saturated carbocycles. The first-order valence-corrected chi connectivity index (χ1v) is 5.40. The lowest BCUT2D eigenvalue weighted by Crippen LogP contribution is -2.41. The Balaban J connectivity index is 2.50. The topological polar surface area (TPSA) is 43.8 Å². The summed E-state index contributed by atoms with van der Waals surface area (Å²) < 4.78 is 0.959. The van der Waals surface area contributed by atoms with Gasteiger partial charge in [0.15, 0.2) is 0 Å². The van der Waals surface area contributed by atoms with Crippen LogP contribution in [0.2, 0.25) is 0 Å². The Kier molecular flexibility index (Phi) is 2.56. The molecule has 2 rings (SSSR count). The average molecular weight is 271 g/mol. The molecular weight excluding hydrogens is 260 g/mol. The van der Waals surface area contributed by atoms with Crippen LogP contribution in [0.1, 0.15) is 0 Å². The van der Waals surface area contributed by atoms with Crippen LogP contribution in [0.3, 0.4) is 0 Å². The number of carbonyl (C=O) groups is 1. The lowest BCUT2D eigenvalue weighted by molar-refractivity contribution is 0.201. The number of amides is 1. The number of fused-ring (bicyclic) bond motifs is 1. The fraction of sp³-hybridized carbons (Fsp3) is 0.300. The molecule has 5 heteroatoms. The molecule has 1 heterocycles. The van der Waals surface area contributed by atoms with Crippen molar-refractivity contribution in [2.24, 2.45) is 0 Å². The second kappa shape index (κ2) is 3.73. The van der Waals surface area contributed by atoms with Crippen molar-refractivity contribution in [2.75, 3.05) is 29.9 Å². The van der Waals surface area contributed by atoms with Crippen molar-refractivity contribution >= 4 is 33.4 Å². The Morgan fingerprint density at radius 1 is 1.40 bits per heavy atom. The molecule has 0 fully saturated rings. The monoisotopic (exact) mass is 270 g/mol. The Morgan fingerprint density at radius 2 is 2.13 bits per heavy atom. The first kappa shape index (κ1) is 10.3. The van der Waals surface area contributed by atoms with Crippen LogP contribution in [0.5, 0.6) is 0 Å². The highest BCUT2D eigenvalue weighted by Gasteiger charge is 2.24. The molecule has 1 aromatic rings. The van der Waals surface area contributed by atoms with Gasteiger partial charge in [0.05, 0.1) is 11.4 Å². The summed E-state index contributed by atoms with van der Waals surface area (Å²) in [5, 5.41) is 9.04. The minimum Gasteiger partial charge on any atom is -0.465 e. The van der Waals surface area contributed by atoms with E-state index in [-0.39, 0.29) is 0 Å². The van der Waals surface area contributed by atoms with Crippen molar-refractivity contribution in [2.45, 2.75) is 0 Å². The van der Waals surface area contributed by atoms with Crippen molar-refractivity contribution in [3.05, 3.63) is 22.7 Å². The Morgan fingerprint density at radius 3 is 2.80 bits per heavy atom. The third-order valence-corrected chi connectivity index (χ3v) is 3.02. The molecule has 0 unspecified atom stereocenters. The van der Waals surface area contributed by atoms with Gasteiger partial charge in [0.1, 0.15) is 0 Å². The lowest BCUT2D eigenvalue weighted by atomic mass is 10.2. The maximum absolute atomic E-state index is 11.0. The molecule has 4 nitrogen and oxygen atoms in total. The number of carboxylic acid groups (broad SMARTS) is 1. The van der Waals surface area contributed by atoms with Gasteiger partial charge in [-0.05, 0) is 18.2 Å². The van der Waals surface area contributed by atoms with Gasteiger partial charge in [-0.25, -0.2) is 4.79 Å². The first-order chi connectivity index (χ1) is 7.09. The molecule has 15 heavy (non-hydrogen) atoms. The Hall–Kier alpha value is -1.23. The van der Waals surface area contributed by atoms with Gasteiger partial charge < -0.3 is 10.0 Å². The summed E-state index contributed by atoms with van der Waals surface area (Å²) in [4.78, 5) is 14.4. The average Bonchev–Trinajstić information content (AvgIpc) is 2.19. The summed E-state index contributed by atoms with van der Waals surface area (Å²) in [6.45, 7) is 1.23. The second-order valence-corrected chi connectivity index (χ2v) is 4.40. The predicted octanol–water partition coefficient (Wildman–Crippen LogP) is 2.38. The number of nitrogens with zero attached hydrogens (tertiary/aromatic N) is 2. The highest BCUT2D eigenvalue weighted by Crippen LogP contribution is 2.34. The summed E-state index contributed by atoms with van der Waals surface area (Å²) >= 11 is 3.38. The van der Waals surface area contributed by atoms with Gasteiger partial charge in [-0.15, -0.1) is 0 Å². The molecule has 0 radical (unpaired) electrons. The van der Waals surface area contributed by atoms with E-state index in [1.807, 2.05) is 25.2 Å². The number of anilines is 2. The predicted molar refractivity (Wildman–Crippen MR) is 62.8 cm³/mol. The van der Waals surface area contributed by atoms with E-state index in [1.165, 1.54) is 4.90 Å². The SMILES string of the molecule is CN1CCN(C(=O)O)c2ccc(Br)cc21. The maximum Gasteiger partial charge on any atom is 0.411 e. The third kappa shape index (κ3) is 1.79. The number of hydrogen-bond acceptors (Lipinski definition) is 2. The smallest absolute Gasteiger partial charge is 0.411 e. The maximum atomic E-state index is 11.0. The van der Waals surface area contributed by atoms with Crippen LogP contribution in [-0.2, 0) is 0 Å². The Labute approximate surface area is 96.2 Å². The molecule has 0 atom stereocenters. The van der Waals surface area contributed by atoms with Crippen molar-refractivity contribution < 1.29 is 9.90 Å². The minimum atomic E-state index is -0.897. The van der Waals surface area contributed by atoms with Gasteiger partial charge in [0.25, 0.3) is 0 Å². The van der Waals surface area contributed by atoms with Crippen molar-refractivity contribution in [1.82, 2.24) is 0 Å². The molecule has 1 aliphatic rings. The molecule has 1 N–H and O–H groups in total. The van der Waals surface area contributed by atoms with E-state index in [1.54, 1.807) is 0 Å². The summed E-state index contributed by atoms with van der Waals surface area (Å²) in [5.74, 6) is 0. The van der Waals surface area contributed by atoms with Crippen molar-refractivity contribution in [3.63, 3.8) is 0 Å². The van der Waals surface area contributed by atoms with Crippen molar-refractivity contribution in [3.8, 4) is 0 Å². The lowest BCUT2D eigenvalue weighted by Gasteiger charge is -2.34. The molecule has 1 aliphatic heterocycles. The zero-order valence-electron chi connectivity index (χ0n) is 8.27. The molecular formula is C10H11BrN2O2. The highest BCUT2D eigenvalue weighted by molar-refractivity contribution is 9.10. The minimum absolute atomic E-state index is 0.514. The molecule has 1 aromatic carbocycles. The van der Waals surface area contributed by atoms with E-state index in [0.29, 0.717) is 6.54 Å². The van der Waals surface area contributed by atoms with E-state index >= 15 is 0 Å². The zero-order valence-corrected chi connectivity index (χ0v) is 9.86. The van der Waals surface area contributed by atoms with E-state index in [9.17, 15) is 4.79 Å². The molecule has 1 amide bonds. The number of hydrogen-bond donors (Lipinski definition) is 1. The number of halogens is 1. The van der Waals surface area contributed by atoms with Gasteiger partial charge in [-0.2, -0.15) is 0 Å². The molecule has 0 aromatic heterocycles. The van der Waals surface area contributed by atoms with Crippen LogP contribution in [-0.4, -0.2) is 31.3 Å². The second-order valence-electron chi connectivity index (χ2n) is 3.49. The van der Waals surface area contributed by atoms with Gasteiger partial charge in [-0.3, -0.25) is 4.90 Å². The fourth-order valence-electron chi connectivity index (χ4n) is 1.72. The zero-order chi connectivity index (χ0) is 11.0. The van der Waals surface area contributed by atoms with Crippen LogP contribution in [0.25, 0.3) is 0 Å². The quantitative estimate of drug-likeness (QED) is 0.787. The van der Waals surface area contributed by atoms with Crippen LogP contribution in [0.15, 0.2) is 22.7 Å². The van der Waals surface area contributed by atoms with Gasteiger partial charge in [0.2, 0.25) is 0 Å². The van der Waals surface area contributed by atoms with E-state index in [4.69, 9.17) is 5.11 Å². The molecule has 0 spiro atoms. The summed E-state index contributed by atoms with van der Waals surface area (Å²) in [6, 6.07) is 5.61. The normalized spacial score (nSPS) is 15.1. The van der Waals surface area contributed by atoms with Crippen LogP contribution in [0.4, 0.5) is 16.2 Å². The van der Waals surface area contributed by atoms with E-state index in [2.05, 4.69) is 20.8 Å². The van der Waals surface area contributed by atoms with Gasteiger partial charge >= 0.3 is 6.09 Å². The summed E-state index contributed by atoms with van der Waals surface area (Å²) in [6.07, 6.45) is -0.897. The van der Waals surface area contributed by atoms with Crippen LogP contribution >= 0.6 is 15.9 Å². The first-order valence-electron chi connectivity index (χ1n) is 4.61. The third-order valence-electron chi connectivity index (χ3n) is 2.53. The van der Waals surface area contributed by atoms with Gasteiger partial charge in [-0.1, -0.05) is 15.9 Å². The summed E-state index contributed by atoms with van der Waals surface area (Å²) in [7, 11) is 1.96. The molecule has 0 aliphatic carbocycles. The largest absolute Gasteiger partial charge is 0.465 e. The highest BCUT2D eigenvalue weighted by atomic mass is 79.9. The fourth-order valence-corrected chi connectivity index (χ4v) is 2.07. The van der Waals surface area contributed by atoms with Crippen LogP contribution < -0.4 is 9.80 Å². The Bertz CT molecular complexity index is 408. The van der Waals surface area contributed by atoms with Crippen LogP contribution in [0, 0.1) is 0 Å². The number of benzene rings is 1. The number of likely N-dealkylation sites (N-methyl/N-ethyl adjacent to an activating group) is 1. The standard InChI is InChI=1S/C10H11BrN2O2/c1-12-4-5-13(10(14)15)8-3-2-7(11)6-9(8)12/h2-3,6H,4-5H2,1H3,(H,14,15). The van der Waals surface area contributed by atoms with E-state index < -0.39 is 6.09 Å². The molecule has 80 valence electrons. The van der Waals surface area contributed by atoms with Gasteiger partial charge in [0, 0.05) is 24.6 Å². The van der Waals surface area contributed by atoms with E-state index in [0.717, 1.165) is 22.4 Å². The summed E-state index contributed by atoms with van der Waals surface area (Å²) in [5.41, 5.74) is 1.69. The molecule has 0 bridgehead atoms. The number of rotatable bonds is 0. The van der Waals surface area contributed by atoms with Crippen molar-refractivity contribution in [1.29, 1.82) is 0 Å². The molecule has 0 saturated heterocycles.